The lowest BCUT2D eigenvalue weighted by atomic mass is 10.2. The fourth-order valence-corrected chi connectivity index (χ4v) is 2.00. The van der Waals surface area contributed by atoms with Crippen LogP contribution in [0.1, 0.15) is 11.1 Å². The highest BCUT2D eigenvalue weighted by atomic mass is 79.9. The number of nitrogen functional groups attached to an aromatic ring is 1. The highest BCUT2D eigenvalue weighted by molar-refractivity contribution is 9.10. The Morgan fingerprint density at radius 3 is 2.59 bits per heavy atom. The largest absolute Gasteiger partial charge is 0.438 e. The van der Waals surface area contributed by atoms with Gasteiger partial charge in [-0.2, -0.15) is 0 Å². The summed E-state index contributed by atoms with van der Waals surface area (Å²) in [6.07, 6.45) is 1.59. The molecule has 2 aromatic rings. The van der Waals surface area contributed by atoms with E-state index < -0.39 is 0 Å². The number of halogens is 1. The van der Waals surface area contributed by atoms with Gasteiger partial charge in [0.15, 0.2) is 0 Å². The second-order valence-corrected chi connectivity index (χ2v) is 4.82. The minimum atomic E-state index is 0.588. The first kappa shape index (κ1) is 11.9. The molecule has 88 valence electrons. The van der Waals surface area contributed by atoms with Crippen molar-refractivity contribution in [3.05, 3.63) is 46.1 Å². The van der Waals surface area contributed by atoms with Crippen molar-refractivity contribution in [3.63, 3.8) is 0 Å². The molecular formula is C13H13BrN2O. The van der Waals surface area contributed by atoms with Crippen LogP contribution in [0.5, 0.6) is 11.6 Å². The van der Waals surface area contributed by atoms with E-state index in [1.165, 1.54) is 0 Å². The summed E-state index contributed by atoms with van der Waals surface area (Å²) in [5.74, 6) is 1.39. The molecule has 3 nitrogen and oxygen atoms in total. The molecule has 0 aliphatic rings. The Bertz CT molecular complexity index is 506. The van der Waals surface area contributed by atoms with Crippen LogP contribution in [0, 0.1) is 13.8 Å². The third-order valence-corrected chi connectivity index (χ3v) is 2.89. The summed E-state index contributed by atoms with van der Waals surface area (Å²) in [5, 5.41) is 0. The monoisotopic (exact) mass is 292 g/mol. The van der Waals surface area contributed by atoms with Crippen LogP contribution in [-0.4, -0.2) is 4.98 Å². The molecule has 0 aliphatic heterocycles. The summed E-state index contributed by atoms with van der Waals surface area (Å²) in [4.78, 5) is 4.18. The van der Waals surface area contributed by atoms with Crippen LogP contribution in [0.25, 0.3) is 0 Å². The number of aromatic nitrogens is 1. The van der Waals surface area contributed by atoms with Crippen LogP contribution in [0.15, 0.2) is 34.9 Å². The van der Waals surface area contributed by atoms with E-state index >= 15 is 0 Å². The van der Waals surface area contributed by atoms with Crippen LogP contribution in [-0.2, 0) is 0 Å². The number of benzene rings is 1. The van der Waals surface area contributed by atoms with Gasteiger partial charge >= 0.3 is 0 Å². The SMILES string of the molecule is Cc1cc(Br)ccc1Oc1ncc(N)cc1C. The van der Waals surface area contributed by atoms with E-state index in [-0.39, 0.29) is 0 Å². The normalized spacial score (nSPS) is 10.3. The lowest BCUT2D eigenvalue weighted by Gasteiger charge is -2.10. The van der Waals surface area contributed by atoms with E-state index in [1.807, 2.05) is 38.1 Å². The highest BCUT2D eigenvalue weighted by Gasteiger charge is 2.06. The van der Waals surface area contributed by atoms with Gasteiger partial charge in [-0.15, -0.1) is 0 Å². The number of hydrogen-bond acceptors (Lipinski definition) is 3. The Morgan fingerprint density at radius 2 is 1.94 bits per heavy atom. The molecule has 4 heteroatoms. The van der Waals surface area contributed by atoms with Gasteiger partial charge in [-0.05, 0) is 43.7 Å². The molecule has 0 amide bonds. The summed E-state index contributed by atoms with van der Waals surface area (Å²) in [5.41, 5.74) is 8.26. The van der Waals surface area contributed by atoms with Crippen molar-refractivity contribution in [2.45, 2.75) is 13.8 Å². The second kappa shape index (κ2) is 4.75. The fourth-order valence-electron chi connectivity index (χ4n) is 1.52. The molecule has 0 saturated carbocycles. The van der Waals surface area contributed by atoms with Crippen molar-refractivity contribution in [2.24, 2.45) is 0 Å². The number of nitrogens with two attached hydrogens (primary N) is 1. The quantitative estimate of drug-likeness (QED) is 0.915. The van der Waals surface area contributed by atoms with Crippen LogP contribution < -0.4 is 10.5 Å². The minimum Gasteiger partial charge on any atom is -0.438 e. The first-order valence-electron chi connectivity index (χ1n) is 5.22. The van der Waals surface area contributed by atoms with Crippen molar-refractivity contribution < 1.29 is 4.74 Å². The molecule has 0 unspecified atom stereocenters. The van der Waals surface area contributed by atoms with Crippen LogP contribution >= 0.6 is 15.9 Å². The highest BCUT2D eigenvalue weighted by Crippen LogP contribution is 2.28. The molecule has 0 saturated heterocycles. The predicted octanol–water partition coefficient (Wildman–Crippen LogP) is 3.84. The minimum absolute atomic E-state index is 0.588. The second-order valence-electron chi connectivity index (χ2n) is 3.90. The predicted molar refractivity (Wildman–Crippen MR) is 72.3 cm³/mol. The number of hydrogen-bond donors (Lipinski definition) is 1. The Labute approximate surface area is 109 Å². The topological polar surface area (TPSA) is 48.1 Å². The number of rotatable bonds is 2. The lowest BCUT2D eigenvalue weighted by molar-refractivity contribution is 0.455. The Morgan fingerprint density at radius 1 is 1.18 bits per heavy atom. The van der Waals surface area contributed by atoms with E-state index in [2.05, 4.69) is 20.9 Å². The molecule has 0 bridgehead atoms. The van der Waals surface area contributed by atoms with Gasteiger partial charge in [0, 0.05) is 10.0 Å². The van der Waals surface area contributed by atoms with Gasteiger partial charge in [-0.25, -0.2) is 4.98 Å². The zero-order valence-electron chi connectivity index (χ0n) is 9.70. The summed E-state index contributed by atoms with van der Waals surface area (Å²) in [7, 11) is 0. The molecule has 1 aromatic carbocycles. The molecule has 0 atom stereocenters. The molecule has 2 rings (SSSR count). The standard InChI is InChI=1S/C13H13BrN2O/c1-8-5-10(14)3-4-12(8)17-13-9(2)6-11(15)7-16-13/h3-7H,15H2,1-2H3. The fraction of sp³-hybridized carbons (Fsp3) is 0.154. The van der Waals surface area contributed by atoms with E-state index in [0.29, 0.717) is 11.6 Å². The molecule has 0 fully saturated rings. The molecule has 0 aliphatic carbocycles. The number of anilines is 1. The summed E-state index contributed by atoms with van der Waals surface area (Å²) >= 11 is 3.42. The third kappa shape index (κ3) is 2.77. The molecule has 1 aromatic heterocycles. The number of aryl methyl sites for hydroxylation is 2. The van der Waals surface area contributed by atoms with Gasteiger partial charge in [-0.3, -0.25) is 0 Å². The van der Waals surface area contributed by atoms with Gasteiger partial charge in [-0.1, -0.05) is 15.9 Å². The molecular weight excluding hydrogens is 280 g/mol. The smallest absolute Gasteiger partial charge is 0.222 e. The van der Waals surface area contributed by atoms with E-state index in [9.17, 15) is 0 Å². The van der Waals surface area contributed by atoms with Crippen molar-refractivity contribution in [1.29, 1.82) is 0 Å². The Hall–Kier alpha value is -1.55. The third-order valence-electron chi connectivity index (χ3n) is 2.40. The first-order valence-corrected chi connectivity index (χ1v) is 6.01. The number of nitrogens with zero attached hydrogens (tertiary/aromatic N) is 1. The van der Waals surface area contributed by atoms with Crippen molar-refractivity contribution >= 4 is 21.6 Å². The van der Waals surface area contributed by atoms with Gasteiger partial charge in [0.2, 0.25) is 5.88 Å². The summed E-state index contributed by atoms with van der Waals surface area (Å²) in [6.45, 7) is 3.92. The molecule has 17 heavy (non-hydrogen) atoms. The van der Waals surface area contributed by atoms with Gasteiger partial charge in [0.1, 0.15) is 5.75 Å². The average molecular weight is 293 g/mol. The van der Waals surface area contributed by atoms with Gasteiger partial charge in [0.05, 0.1) is 11.9 Å². The Kier molecular flexibility index (Phi) is 3.33. The molecule has 0 radical (unpaired) electrons. The number of ether oxygens (including phenoxy) is 1. The van der Waals surface area contributed by atoms with Crippen LogP contribution in [0.2, 0.25) is 0 Å². The zero-order valence-corrected chi connectivity index (χ0v) is 11.3. The lowest BCUT2D eigenvalue weighted by Crippen LogP contribution is -1.95. The number of pyridine rings is 1. The maximum Gasteiger partial charge on any atom is 0.222 e. The van der Waals surface area contributed by atoms with Gasteiger partial charge in [0.25, 0.3) is 0 Å². The van der Waals surface area contributed by atoms with Gasteiger partial charge < -0.3 is 10.5 Å². The van der Waals surface area contributed by atoms with E-state index in [0.717, 1.165) is 21.3 Å². The van der Waals surface area contributed by atoms with Crippen molar-refractivity contribution in [3.8, 4) is 11.6 Å². The van der Waals surface area contributed by atoms with Crippen LogP contribution in [0.3, 0.4) is 0 Å². The average Bonchev–Trinajstić information content (AvgIpc) is 2.25. The summed E-state index contributed by atoms with van der Waals surface area (Å²) in [6, 6.07) is 7.70. The maximum absolute atomic E-state index is 5.76. The maximum atomic E-state index is 5.76. The van der Waals surface area contributed by atoms with Crippen LogP contribution in [0.4, 0.5) is 5.69 Å². The molecule has 1 heterocycles. The molecule has 0 spiro atoms. The van der Waals surface area contributed by atoms with Crippen molar-refractivity contribution in [2.75, 3.05) is 5.73 Å². The Balaban J connectivity index is 2.31. The van der Waals surface area contributed by atoms with E-state index in [1.54, 1.807) is 6.20 Å². The first-order chi connectivity index (χ1) is 8.06. The zero-order chi connectivity index (χ0) is 12.4. The van der Waals surface area contributed by atoms with E-state index in [4.69, 9.17) is 10.5 Å². The van der Waals surface area contributed by atoms with Crippen molar-refractivity contribution in [1.82, 2.24) is 4.98 Å². The molecule has 2 N–H and O–H groups in total. The summed E-state index contributed by atoms with van der Waals surface area (Å²) < 4.78 is 6.79.